The second kappa shape index (κ2) is 12.0. The Labute approximate surface area is 258 Å². The van der Waals surface area contributed by atoms with Crippen LogP contribution >= 0.6 is 0 Å². The number of carboxylic acid groups (broad SMARTS) is 2. The highest BCUT2D eigenvalue weighted by Crippen LogP contribution is 2.27. The molecule has 6 rings (SSSR count). The van der Waals surface area contributed by atoms with Gasteiger partial charge in [-0.1, -0.05) is 40.8 Å². The van der Waals surface area contributed by atoms with Gasteiger partial charge in [0, 0.05) is 24.2 Å². The summed E-state index contributed by atoms with van der Waals surface area (Å²) in [4.78, 5) is 40.5. The maximum absolute atomic E-state index is 13.3. The summed E-state index contributed by atoms with van der Waals surface area (Å²) in [7, 11) is 0. The maximum atomic E-state index is 13.3. The number of rotatable bonds is 9. The number of nitrogens with one attached hydrogen (secondary N) is 1. The minimum absolute atomic E-state index is 0.229. The molecule has 0 aliphatic carbocycles. The number of amides is 1. The summed E-state index contributed by atoms with van der Waals surface area (Å²) in [5, 5.41) is 58.0. The molecule has 0 bridgehead atoms. The van der Waals surface area contributed by atoms with Gasteiger partial charge < -0.3 is 25.7 Å². The molecule has 5 N–H and O–H groups in total. The lowest BCUT2D eigenvalue weighted by Crippen LogP contribution is -2.23. The molecule has 15 nitrogen and oxygen atoms in total. The number of aromatic hydroxyl groups is 2. The van der Waals surface area contributed by atoms with Crippen LogP contribution in [0, 0.1) is 0 Å². The minimum atomic E-state index is -1.28. The van der Waals surface area contributed by atoms with Crippen LogP contribution in [0.5, 0.6) is 11.5 Å². The fourth-order valence-corrected chi connectivity index (χ4v) is 4.51. The van der Waals surface area contributed by atoms with E-state index in [9.17, 15) is 34.8 Å². The third-order valence-electron chi connectivity index (χ3n) is 6.85. The van der Waals surface area contributed by atoms with Crippen molar-refractivity contribution < 1.29 is 34.8 Å². The van der Waals surface area contributed by atoms with Crippen LogP contribution in [-0.4, -0.2) is 73.2 Å². The van der Waals surface area contributed by atoms with E-state index in [-0.39, 0.29) is 46.0 Å². The van der Waals surface area contributed by atoms with Crippen LogP contribution in [0.25, 0.3) is 34.2 Å². The van der Waals surface area contributed by atoms with E-state index in [0.717, 1.165) is 5.56 Å². The molecule has 3 heterocycles. The smallest absolute Gasteiger partial charge is 0.339 e. The van der Waals surface area contributed by atoms with Crippen LogP contribution in [0.1, 0.15) is 36.6 Å². The third kappa shape index (κ3) is 5.96. The van der Waals surface area contributed by atoms with Gasteiger partial charge in [-0.3, -0.25) is 4.79 Å². The third-order valence-corrected chi connectivity index (χ3v) is 6.85. The molecule has 0 unspecified atom stereocenters. The second-order valence-electron chi connectivity index (χ2n) is 9.90. The van der Waals surface area contributed by atoms with Gasteiger partial charge >= 0.3 is 11.9 Å². The monoisotopic (exact) mass is 618 g/mol. The average Bonchev–Trinajstić information content (AvgIpc) is 3.75. The van der Waals surface area contributed by atoms with E-state index in [1.807, 2.05) is 30.3 Å². The zero-order valence-corrected chi connectivity index (χ0v) is 23.5. The average molecular weight is 619 g/mol. The van der Waals surface area contributed by atoms with Crippen molar-refractivity contribution in [1.29, 1.82) is 0 Å². The molecule has 15 heteroatoms. The number of aromatic nitrogens is 7. The quantitative estimate of drug-likeness (QED) is 0.158. The van der Waals surface area contributed by atoms with Gasteiger partial charge in [0.05, 0.1) is 35.2 Å². The predicted molar refractivity (Wildman–Crippen MR) is 160 cm³/mol. The van der Waals surface area contributed by atoms with Gasteiger partial charge in [0.2, 0.25) is 0 Å². The molecule has 46 heavy (non-hydrogen) atoms. The van der Waals surface area contributed by atoms with E-state index >= 15 is 0 Å². The molecular formula is C31H22N8O7. The fraction of sp³-hybridized carbons (Fsp3) is 0.0323. The van der Waals surface area contributed by atoms with Gasteiger partial charge in [0.25, 0.3) is 5.91 Å². The number of aromatic carboxylic acids is 2. The zero-order chi connectivity index (χ0) is 32.4. The SMILES string of the molecule is O=C(NCc1ccccc1)c1cc(-c2cn(-c3ccc(C(=O)O)c(O)c3)nn2)nc(-c2cn(-c3ccc(C(=O)O)c(O)c3)nn2)c1. The first-order valence-corrected chi connectivity index (χ1v) is 13.5. The molecule has 6 aromatic rings. The highest BCUT2D eigenvalue weighted by molar-refractivity contribution is 5.96. The van der Waals surface area contributed by atoms with Gasteiger partial charge in [0.1, 0.15) is 34.0 Å². The molecule has 0 aliphatic rings. The Hall–Kier alpha value is -6.90. The Morgan fingerprint density at radius 1 is 0.652 bits per heavy atom. The van der Waals surface area contributed by atoms with Crippen LogP contribution < -0.4 is 5.32 Å². The van der Waals surface area contributed by atoms with Crippen LogP contribution in [-0.2, 0) is 6.54 Å². The first-order valence-electron chi connectivity index (χ1n) is 13.5. The van der Waals surface area contributed by atoms with Gasteiger partial charge in [-0.2, -0.15) is 0 Å². The molecule has 0 radical (unpaired) electrons. The van der Waals surface area contributed by atoms with Crippen molar-refractivity contribution in [3.05, 3.63) is 114 Å². The second-order valence-corrected chi connectivity index (χ2v) is 9.90. The summed E-state index contributed by atoms with van der Waals surface area (Å²) in [6.45, 7) is 0.269. The lowest BCUT2D eigenvalue weighted by atomic mass is 10.1. The largest absolute Gasteiger partial charge is 0.507 e. The Kier molecular flexibility index (Phi) is 7.61. The number of hydrogen-bond donors (Lipinski definition) is 5. The fourth-order valence-electron chi connectivity index (χ4n) is 4.51. The number of carbonyl (C=O) groups is 3. The predicted octanol–water partition coefficient (Wildman–Crippen LogP) is 3.31. The topological polar surface area (TPSA) is 218 Å². The van der Waals surface area contributed by atoms with Crippen molar-refractivity contribution in [2.24, 2.45) is 0 Å². The highest BCUT2D eigenvalue weighted by Gasteiger charge is 2.18. The maximum Gasteiger partial charge on any atom is 0.339 e. The van der Waals surface area contributed by atoms with E-state index in [4.69, 9.17) is 0 Å². The number of carbonyl (C=O) groups excluding carboxylic acids is 1. The van der Waals surface area contributed by atoms with Crippen molar-refractivity contribution in [2.75, 3.05) is 0 Å². The number of nitrogens with zero attached hydrogens (tertiary/aromatic N) is 7. The molecule has 3 aromatic heterocycles. The normalized spacial score (nSPS) is 10.9. The molecule has 1 amide bonds. The molecule has 0 spiro atoms. The van der Waals surface area contributed by atoms with Crippen molar-refractivity contribution in [2.45, 2.75) is 6.54 Å². The summed E-state index contributed by atoms with van der Waals surface area (Å²) >= 11 is 0. The highest BCUT2D eigenvalue weighted by atomic mass is 16.4. The van der Waals surface area contributed by atoms with Crippen molar-refractivity contribution in [3.63, 3.8) is 0 Å². The molecule has 228 valence electrons. The first-order chi connectivity index (χ1) is 22.2. The van der Waals surface area contributed by atoms with Crippen LogP contribution in [0.15, 0.2) is 91.3 Å². The summed E-state index contributed by atoms with van der Waals surface area (Å²) in [5.74, 6) is -3.87. The van der Waals surface area contributed by atoms with Crippen LogP contribution in [0.2, 0.25) is 0 Å². The number of pyridine rings is 1. The van der Waals surface area contributed by atoms with Crippen LogP contribution in [0.3, 0.4) is 0 Å². The number of carboxylic acids is 2. The lowest BCUT2D eigenvalue weighted by molar-refractivity contribution is 0.0682. The number of phenols is 2. The Balaban J connectivity index is 1.36. The molecule has 0 fully saturated rings. The Morgan fingerprint density at radius 3 is 1.61 bits per heavy atom. The Bertz CT molecular complexity index is 2000. The van der Waals surface area contributed by atoms with E-state index in [2.05, 4.69) is 30.9 Å². The Morgan fingerprint density at radius 2 is 1.15 bits per heavy atom. The van der Waals surface area contributed by atoms with Gasteiger partial charge in [-0.05, 0) is 42.0 Å². The number of hydrogen-bond acceptors (Lipinski definition) is 10. The summed E-state index contributed by atoms with van der Waals surface area (Å²) in [6.07, 6.45) is 2.99. The first kappa shape index (κ1) is 29.2. The van der Waals surface area contributed by atoms with Gasteiger partial charge in [0.15, 0.2) is 0 Å². The van der Waals surface area contributed by atoms with E-state index in [1.165, 1.54) is 70.3 Å². The van der Waals surface area contributed by atoms with Gasteiger partial charge in [-0.15, -0.1) is 10.2 Å². The lowest BCUT2D eigenvalue weighted by Gasteiger charge is -2.08. The van der Waals surface area contributed by atoms with E-state index in [1.54, 1.807) is 0 Å². The molecule has 0 saturated heterocycles. The van der Waals surface area contributed by atoms with Crippen molar-refractivity contribution in [1.82, 2.24) is 40.3 Å². The summed E-state index contributed by atoms with van der Waals surface area (Å²) < 4.78 is 2.63. The summed E-state index contributed by atoms with van der Waals surface area (Å²) in [6, 6.07) is 20.2. The minimum Gasteiger partial charge on any atom is -0.507 e. The zero-order valence-electron chi connectivity index (χ0n) is 23.5. The van der Waals surface area contributed by atoms with Crippen molar-refractivity contribution in [3.8, 4) is 45.6 Å². The standard InChI is InChI=1S/C31H22N8O7/c40-27-12-19(6-8-21(27)30(43)44)38-15-25(34-36-38)23-10-18(29(42)32-14-17-4-2-1-3-5-17)11-24(33-23)26-16-39(37-35-26)20-7-9-22(31(45)46)28(41)13-20/h1-13,15-16,40-41H,14H2,(H,32,42)(H,43,44)(H,45,46). The molecular weight excluding hydrogens is 596 g/mol. The molecule has 0 atom stereocenters. The van der Waals surface area contributed by atoms with Crippen LogP contribution in [0.4, 0.5) is 0 Å². The molecule has 0 aliphatic heterocycles. The van der Waals surface area contributed by atoms with Crippen molar-refractivity contribution >= 4 is 17.8 Å². The molecule has 3 aromatic carbocycles. The molecule has 0 saturated carbocycles. The van der Waals surface area contributed by atoms with E-state index in [0.29, 0.717) is 11.4 Å². The van der Waals surface area contributed by atoms with E-state index < -0.39 is 29.3 Å². The van der Waals surface area contributed by atoms with Gasteiger partial charge in [-0.25, -0.2) is 23.9 Å². The number of benzene rings is 3. The summed E-state index contributed by atoms with van der Waals surface area (Å²) in [5.41, 5.74) is 2.24.